The number of hydrogen-bond donors (Lipinski definition) is 2. The Kier molecular flexibility index (Phi) is 2.34. The summed E-state index contributed by atoms with van der Waals surface area (Å²) < 4.78 is 0. The normalized spacial score (nSPS) is 36.9. The maximum atomic E-state index is 3.33. The van der Waals surface area contributed by atoms with Crippen molar-refractivity contribution in [3.63, 3.8) is 0 Å². The topological polar surface area (TPSA) is 49.9 Å². The molecule has 4 heteroatoms. The van der Waals surface area contributed by atoms with Crippen LogP contribution in [-0.2, 0) is 0 Å². The standard InChI is InChI=1S/C10H22N4/c1-9(2)11-13(9)7-5-6-8-14-10(3,4)12-14/h11-12H,5-8H2,1-4H3. The highest BCUT2D eigenvalue weighted by Crippen LogP contribution is 2.25. The molecule has 0 aromatic rings. The van der Waals surface area contributed by atoms with Gasteiger partial charge in [0.2, 0.25) is 0 Å². The molecule has 0 radical (unpaired) electrons. The van der Waals surface area contributed by atoms with Gasteiger partial charge in [0.25, 0.3) is 0 Å². The maximum Gasteiger partial charge on any atom is 0.0918 e. The summed E-state index contributed by atoms with van der Waals surface area (Å²) in [5.41, 5.74) is 7.19. The molecule has 2 aliphatic heterocycles. The molecule has 4 nitrogen and oxygen atoms in total. The minimum atomic E-state index is 0.261. The number of hydrogen-bond acceptors (Lipinski definition) is 4. The summed E-state index contributed by atoms with van der Waals surface area (Å²) in [5.74, 6) is 0. The van der Waals surface area contributed by atoms with Crippen LogP contribution in [0.5, 0.6) is 0 Å². The second-order valence-corrected chi connectivity index (χ2v) is 5.35. The molecule has 0 saturated carbocycles. The van der Waals surface area contributed by atoms with Crippen molar-refractivity contribution in [2.45, 2.75) is 51.9 Å². The maximum absolute atomic E-state index is 3.33. The van der Waals surface area contributed by atoms with Gasteiger partial charge in [0.05, 0.1) is 11.3 Å². The first kappa shape index (κ1) is 10.4. The molecule has 0 bridgehead atoms. The Balaban J connectivity index is 1.49. The summed E-state index contributed by atoms with van der Waals surface area (Å²) in [6, 6.07) is 0. The monoisotopic (exact) mass is 198 g/mol. The van der Waals surface area contributed by atoms with Crippen molar-refractivity contribution < 1.29 is 0 Å². The Morgan fingerprint density at radius 3 is 1.29 bits per heavy atom. The molecule has 2 unspecified atom stereocenters. The first-order valence-electron chi connectivity index (χ1n) is 5.53. The molecule has 0 aliphatic carbocycles. The highest BCUT2D eigenvalue weighted by atomic mass is 15.8. The minimum Gasteiger partial charge on any atom is -0.233 e. The molecule has 2 aliphatic rings. The van der Waals surface area contributed by atoms with Gasteiger partial charge in [0.15, 0.2) is 0 Å². The zero-order valence-electron chi connectivity index (χ0n) is 9.72. The second-order valence-electron chi connectivity index (χ2n) is 5.35. The molecule has 2 fully saturated rings. The molecule has 2 N–H and O–H groups in total. The van der Waals surface area contributed by atoms with Crippen LogP contribution < -0.4 is 10.9 Å². The van der Waals surface area contributed by atoms with E-state index in [-0.39, 0.29) is 11.3 Å². The van der Waals surface area contributed by atoms with Crippen LogP contribution >= 0.6 is 0 Å². The van der Waals surface area contributed by atoms with Gasteiger partial charge >= 0.3 is 0 Å². The van der Waals surface area contributed by atoms with Gasteiger partial charge in [-0.1, -0.05) is 0 Å². The fraction of sp³-hybridized carbons (Fsp3) is 1.00. The van der Waals surface area contributed by atoms with E-state index < -0.39 is 0 Å². The minimum absolute atomic E-state index is 0.261. The first-order valence-corrected chi connectivity index (χ1v) is 5.53. The predicted octanol–water partition coefficient (Wildman–Crippen LogP) is 0.879. The van der Waals surface area contributed by atoms with E-state index in [1.807, 2.05) is 0 Å². The molecule has 0 spiro atoms. The van der Waals surface area contributed by atoms with Crippen LogP contribution in [0.15, 0.2) is 0 Å². The summed E-state index contributed by atoms with van der Waals surface area (Å²) in [5, 5.41) is 4.60. The van der Waals surface area contributed by atoms with Crippen molar-refractivity contribution in [1.82, 2.24) is 20.9 Å². The lowest BCUT2D eigenvalue weighted by Gasteiger charge is -2.05. The summed E-state index contributed by atoms with van der Waals surface area (Å²) in [6.45, 7) is 11.2. The van der Waals surface area contributed by atoms with Crippen LogP contribution in [0.4, 0.5) is 0 Å². The van der Waals surface area contributed by atoms with E-state index in [0.717, 1.165) is 0 Å². The van der Waals surface area contributed by atoms with Gasteiger partial charge in [-0.3, -0.25) is 0 Å². The van der Waals surface area contributed by atoms with Crippen LogP contribution in [0.25, 0.3) is 0 Å². The van der Waals surface area contributed by atoms with Gasteiger partial charge in [-0.15, -0.1) is 0 Å². The van der Waals surface area contributed by atoms with Crippen LogP contribution in [0.2, 0.25) is 0 Å². The quantitative estimate of drug-likeness (QED) is 0.508. The fourth-order valence-electron chi connectivity index (χ4n) is 1.82. The van der Waals surface area contributed by atoms with E-state index >= 15 is 0 Å². The zero-order chi connectivity index (χ0) is 10.4. The van der Waals surface area contributed by atoms with E-state index in [9.17, 15) is 0 Å². The number of nitrogens with one attached hydrogen (secondary N) is 2. The fourth-order valence-corrected chi connectivity index (χ4v) is 1.82. The lowest BCUT2D eigenvalue weighted by molar-refractivity contribution is 0.380. The molecular weight excluding hydrogens is 176 g/mol. The molecular formula is C10H22N4. The van der Waals surface area contributed by atoms with Crippen molar-refractivity contribution >= 4 is 0 Å². The second kappa shape index (κ2) is 3.17. The number of rotatable bonds is 5. The van der Waals surface area contributed by atoms with Crippen LogP contribution in [-0.4, -0.2) is 34.4 Å². The van der Waals surface area contributed by atoms with Gasteiger partial charge in [-0.25, -0.2) is 20.9 Å². The van der Waals surface area contributed by atoms with E-state index in [1.54, 1.807) is 0 Å². The molecule has 2 rings (SSSR count). The van der Waals surface area contributed by atoms with Crippen LogP contribution in [0.3, 0.4) is 0 Å². The largest absolute Gasteiger partial charge is 0.233 e. The predicted molar refractivity (Wildman–Crippen MR) is 57.1 cm³/mol. The SMILES string of the molecule is CC1(C)NN1CCCCN1NC1(C)C. The number of hydrazine groups is 2. The highest BCUT2D eigenvalue weighted by molar-refractivity contribution is 4.90. The summed E-state index contributed by atoms with van der Waals surface area (Å²) in [7, 11) is 0. The molecule has 0 aromatic heterocycles. The average molecular weight is 198 g/mol. The lowest BCUT2D eigenvalue weighted by Crippen LogP contribution is -2.14. The molecule has 14 heavy (non-hydrogen) atoms. The lowest BCUT2D eigenvalue weighted by atomic mass is 10.2. The van der Waals surface area contributed by atoms with Gasteiger partial charge < -0.3 is 0 Å². The van der Waals surface area contributed by atoms with Crippen molar-refractivity contribution in [1.29, 1.82) is 0 Å². The Bertz CT molecular complexity index is 200. The molecule has 0 amide bonds. The summed E-state index contributed by atoms with van der Waals surface area (Å²) in [6.07, 6.45) is 2.54. The summed E-state index contributed by atoms with van der Waals surface area (Å²) >= 11 is 0. The van der Waals surface area contributed by atoms with Gasteiger partial charge in [0, 0.05) is 13.1 Å². The van der Waals surface area contributed by atoms with Gasteiger partial charge in [0.1, 0.15) is 0 Å². The first-order chi connectivity index (χ1) is 6.42. The summed E-state index contributed by atoms with van der Waals surface area (Å²) in [4.78, 5) is 0. The van der Waals surface area contributed by atoms with Crippen molar-refractivity contribution in [2.24, 2.45) is 0 Å². The molecule has 2 atom stereocenters. The van der Waals surface area contributed by atoms with Crippen LogP contribution in [0.1, 0.15) is 40.5 Å². The van der Waals surface area contributed by atoms with Gasteiger partial charge in [-0.05, 0) is 40.5 Å². The molecule has 2 saturated heterocycles. The Labute approximate surface area is 86.6 Å². The Morgan fingerprint density at radius 1 is 0.786 bits per heavy atom. The Morgan fingerprint density at radius 2 is 1.07 bits per heavy atom. The number of nitrogens with zero attached hydrogens (tertiary/aromatic N) is 2. The molecule has 82 valence electrons. The van der Waals surface area contributed by atoms with E-state index in [0.29, 0.717) is 0 Å². The smallest absolute Gasteiger partial charge is 0.0918 e. The number of unbranched alkanes of at least 4 members (excludes halogenated alkanes) is 1. The Hall–Kier alpha value is -0.160. The van der Waals surface area contributed by atoms with E-state index in [2.05, 4.69) is 48.6 Å². The van der Waals surface area contributed by atoms with Crippen molar-refractivity contribution in [3.05, 3.63) is 0 Å². The third-order valence-electron chi connectivity index (χ3n) is 3.08. The van der Waals surface area contributed by atoms with E-state index in [4.69, 9.17) is 0 Å². The van der Waals surface area contributed by atoms with Crippen LogP contribution in [0, 0.1) is 0 Å². The third kappa shape index (κ3) is 2.25. The highest BCUT2D eigenvalue weighted by Gasteiger charge is 2.43. The van der Waals surface area contributed by atoms with E-state index in [1.165, 1.54) is 25.9 Å². The average Bonchev–Trinajstić information content (AvgIpc) is 2.84. The zero-order valence-corrected chi connectivity index (χ0v) is 9.72. The molecule has 0 aromatic carbocycles. The van der Waals surface area contributed by atoms with Crippen molar-refractivity contribution in [2.75, 3.05) is 13.1 Å². The van der Waals surface area contributed by atoms with Gasteiger partial charge in [-0.2, -0.15) is 0 Å². The molecule has 2 heterocycles. The van der Waals surface area contributed by atoms with Crippen molar-refractivity contribution in [3.8, 4) is 0 Å². The third-order valence-corrected chi connectivity index (χ3v) is 3.08.